The third kappa shape index (κ3) is 3.96. The van der Waals surface area contributed by atoms with Crippen molar-refractivity contribution in [1.82, 2.24) is 34.1 Å². The zero-order chi connectivity index (χ0) is 27.4. The highest BCUT2D eigenvalue weighted by Gasteiger charge is 2.46. The van der Waals surface area contributed by atoms with Gasteiger partial charge in [0.2, 0.25) is 5.88 Å². The second-order valence-corrected chi connectivity index (χ2v) is 10.0. The Labute approximate surface area is 233 Å². The molecule has 0 N–H and O–H groups in total. The number of rotatable bonds is 6. The number of amides is 1. The van der Waals surface area contributed by atoms with Gasteiger partial charge in [0, 0.05) is 23.5 Å². The summed E-state index contributed by atoms with van der Waals surface area (Å²) in [6.07, 6.45) is 4.81. The van der Waals surface area contributed by atoms with Gasteiger partial charge in [0.25, 0.3) is 5.91 Å². The first-order valence-electron chi connectivity index (χ1n) is 12.0. The summed E-state index contributed by atoms with van der Waals surface area (Å²) in [7, 11) is 2.98. The summed E-state index contributed by atoms with van der Waals surface area (Å²) in [5, 5.41) is 9.28. The molecule has 0 unspecified atom stereocenters. The second-order valence-electron chi connectivity index (χ2n) is 9.15. The number of hydrogen-bond acceptors (Lipinski definition) is 8. The summed E-state index contributed by atoms with van der Waals surface area (Å²) in [5.74, 6) is 0.464. The Morgan fingerprint density at radius 1 is 1.03 bits per heavy atom. The zero-order valence-electron chi connectivity index (χ0n) is 21.3. The first kappa shape index (κ1) is 25.1. The summed E-state index contributed by atoms with van der Waals surface area (Å²) in [5.41, 5.74) is 3.33. The van der Waals surface area contributed by atoms with E-state index in [2.05, 4.69) is 20.2 Å². The molecule has 1 atom stereocenters. The van der Waals surface area contributed by atoms with Gasteiger partial charge in [0.15, 0.2) is 11.3 Å². The van der Waals surface area contributed by atoms with E-state index in [0.717, 1.165) is 5.56 Å². The molecule has 11 nitrogen and oxygen atoms in total. The Balaban J connectivity index is 1.63. The highest BCUT2D eigenvalue weighted by molar-refractivity contribution is 6.31. The molecule has 5 heterocycles. The van der Waals surface area contributed by atoms with Crippen molar-refractivity contribution in [3.63, 3.8) is 0 Å². The first-order valence-corrected chi connectivity index (χ1v) is 12.7. The average molecular weight is 565 g/mol. The normalized spacial score (nSPS) is 14.9. The number of nitrogens with zero attached hydrogens (tertiary/aromatic N) is 8. The third-order valence-corrected chi connectivity index (χ3v) is 6.99. The van der Waals surface area contributed by atoms with Crippen molar-refractivity contribution in [2.24, 2.45) is 0 Å². The van der Waals surface area contributed by atoms with Crippen molar-refractivity contribution >= 4 is 40.4 Å². The number of anilines is 1. The van der Waals surface area contributed by atoms with Gasteiger partial charge in [0.05, 0.1) is 36.2 Å². The van der Waals surface area contributed by atoms with E-state index < -0.39 is 6.04 Å². The van der Waals surface area contributed by atoms with Crippen LogP contribution in [-0.2, 0) is 0 Å². The molecule has 1 aromatic carbocycles. The van der Waals surface area contributed by atoms with Gasteiger partial charge >= 0.3 is 6.01 Å². The number of methoxy groups -OCH3 is 2. The summed E-state index contributed by atoms with van der Waals surface area (Å²) in [6, 6.07) is 8.56. The van der Waals surface area contributed by atoms with E-state index in [0.29, 0.717) is 38.5 Å². The Morgan fingerprint density at radius 3 is 2.49 bits per heavy atom. The maximum atomic E-state index is 14.2. The van der Waals surface area contributed by atoms with E-state index in [1.54, 1.807) is 39.9 Å². The fraction of sp³-hybridized carbons (Fsp3) is 0.231. The maximum absolute atomic E-state index is 14.2. The molecule has 0 saturated carbocycles. The number of fused-ring (bicyclic) bond motifs is 2. The van der Waals surface area contributed by atoms with Gasteiger partial charge in [-0.1, -0.05) is 35.3 Å². The average Bonchev–Trinajstić information content (AvgIpc) is 3.62. The molecule has 1 aliphatic rings. The van der Waals surface area contributed by atoms with Crippen molar-refractivity contribution in [2.75, 3.05) is 19.1 Å². The highest BCUT2D eigenvalue weighted by atomic mass is 35.5. The lowest BCUT2D eigenvalue weighted by molar-refractivity contribution is 0.0989. The van der Waals surface area contributed by atoms with Crippen molar-refractivity contribution < 1.29 is 14.3 Å². The molecule has 0 saturated heterocycles. The molecule has 1 aliphatic heterocycles. The number of carbonyl (C=O) groups is 1. The Bertz CT molecular complexity index is 1730. The van der Waals surface area contributed by atoms with Crippen LogP contribution in [0.3, 0.4) is 0 Å². The Hall–Kier alpha value is -4.22. The number of imidazole rings is 1. The standard InChI is InChI=1S/C26H22Cl2N8O3/c1-13(2)35-21-19(31-22(35)17-10-29-26(39-4)32-24(17)38-3)25(37)36(20(21)14-5-7-15(27)8-6-14)18-9-16(28)11-34-12-30-33-23(18)34/h5-13,20H,1-4H3/t20-/m1/s1. The van der Waals surface area contributed by atoms with Crippen LogP contribution in [0.5, 0.6) is 11.9 Å². The van der Waals surface area contributed by atoms with Gasteiger partial charge in [-0.3, -0.25) is 14.1 Å². The van der Waals surface area contributed by atoms with Crippen molar-refractivity contribution in [2.45, 2.75) is 25.9 Å². The smallest absolute Gasteiger partial charge is 0.319 e. The van der Waals surface area contributed by atoms with Crippen molar-refractivity contribution in [1.29, 1.82) is 0 Å². The molecule has 0 radical (unpaired) electrons. The second kappa shape index (κ2) is 9.51. The lowest BCUT2D eigenvalue weighted by Gasteiger charge is -2.28. The predicted octanol–water partition coefficient (Wildman–Crippen LogP) is 5.04. The molecule has 0 bridgehead atoms. The van der Waals surface area contributed by atoms with Gasteiger partial charge in [-0.05, 0) is 37.6 Å². The van der Waals surface area contributed by atoms with Crippen molar-refractivity contribution in [3.05, 3.63) is 76.0 Å². The Morgan fingerprint density at radius 2 is 1.79 bits per heavy atom. The van der Waals surface area contributed by atoms with Crippen LogP contribution in [0.1, 0.15) is 47.7 Å². The summed E-state index contributed by atoms with van der Waals surface area (Å²) < 4.78 is 14.4. The summed E-state index contributed by atoms with van der Waals surface area (Å²) in [4.78, 5) is 29.3. The molecule has 0 fully saturated rings. The van der Waals surface area contributed by atoms with Crippen LogP contribution in [0.15, 0.2) is 49.1 Å². The third-order valence-electron chi connectivity index (χ3n) is 6.54. The van der Waals surface area contributed by atoms with Crippen LogP contribution in [0.2, 0.25) is 10.0 Å². The number of halogens is 2. The lowest BCUT2D eigenvalue weighted by atomic mass is 10.0. The lowest BCUT2D eigenvalue weighted by Crippen LogP contribution is -2.31. The molecule has 5 aromatic rings. The molecular weight excluding hydrogens is 543 g/mol. The van der Waals surface area contributed by atoms with Gasteiger partial charge in [0.1, 0.15) is 18.2 Å². The number of aromatic nitrogens is 7. The molecule has 198 valence electrons. The van der Waals surface area contributed by atoms with Gasteiger partial charge < -0.3 is 14.0 Å². The zero-order valence-corrected chi connectivity index (χ0v) is 22.8. The number of ether oxygens (including phenoxy) is 2. The number of carbonyl (C=O) groups excluding carboxylic acids is 1. The van der Waals surface area contributed by atoms with Gasteiger partial charge in [-0.2, -0.15) is 4.98 Å². The molecule has 4 aromatic heterocycles. The van der Waals surface area contributed by atoms with E-state index in [-0.39, 0.29) is 29.5 Å². The van der Waals surface area contributed by atoms with Crippen LogP contribution in [0, 0.1) is 0 Å². The molecule has 39 heavy (non-hydrogen) atoms. The van der Waals surface area contributed by atoms with Crippen LogP contribution in [0.25, 0.3) is 17.0 Å². The molecule has 6 rings (SSSR count). The van der Waals surface area contributed by atoms with E-state index in [9.17, 15) is 4.79 Å². The van der Waals surface area contributed by atoms with E-state index in [1.165, 1.54) is 20.5 Å². The highest BCUT2D eigenvalue weighted by Crippen LogP contribution is 2.46. The number of pyridine rings is 1. The predicted molar refractivity (Wildman–Crippen MR) is 145 cm³/mol. The number of benzene rings is 1. The van der Waals surface area contributed by atoms with Crippen LogP contribution in [0.4, 0.5) is 5.69 Å². The minimum atomic E-state index is -0.572. The van der Waals surface area contributed by atoms with Gasteiger partial charge in [-0.25, -0.2) is 9.97 Å². The van der Waals surface area contributed by atoms with Gasteiger partial charge in [-0.15, -0.1) is 10.2 Å². The molecule has 13 heteroatoms. The molecule has 0 aliphatic carbocycles. The minimum absolute atomic E-state index is 0.0990. The van der Waals surface area contributed by atoms with E-state index in [4.69, 9.17) is 37.7 Å². The topological polar surface area (TPSA) is 113 Å². The minimum Gasteiger partial charge on any atom is -0.480 e. The fourth-order valence-electron chi connectivity index (χ4n) is 4.95. The first-order chi connectivity index (χ1) is 18.8. The fourth-order valence-corrected chi connectivity index (χ4v) is 5.29. The van der Waals surface area contributed by atoms with Crippen LogP contribution >= 0.6 is 23.2 Å². The summed E-state index contributed by atoms with van der Waals surface area (Å²) >= 11 is 12.7. The van der Waals surface area contributed by atoms with Crippen molar-refractivity contribution in [3.8, 4) is 23.3 Å². The van der Waals surface area contributed by atoms with Crippen LogP contribution in [-0.4, -0.2) is 54.2 Å². The maximum Gasteiger partial charge on any atom is 0.319 e. The number of hydrogen-bond donors (Lipinski definition) is 0. The molecule has 1 amide bonds. The summed E-state index contributed by atoms with van der Waals surface area (Å²) in [6.45, 7) is 4.04. The Kier molecular flexibility index (Phi) is 6.12. The van der Waals surface area contributed by atoms with E-state index >= 15 is 0 Å². The molecule has 0 spiro atoms. The van der Waals surface area contributed by atoms with E-state index in [1.807, 2.05) is 30.5 Å². The largest absolute Gasteiger partial charge is 0.480 e. The van der Waals surface area contributed by atoms with Crippen LogP contribution < -0.4 is 14.4 Å². The quantitative estimate of drug-likeness (QED) is 0.282. The monoisotopic (exact) mass is 564 g/mol. The SMILES string of the molecule is COc1ncc(-c2nc3c(n2C(C)C)[C@@H](c2ccc(Cl)cc2)N(c2cc(Cl)cn4cnnc24)C3=O)c(OC)n1. The molecular formula is C26H22Cl2N8O3.